The topological polar surface area (TPSA) is 82.2 Å². The monoisotopic (exact) mass is 308 g/mol. The van der Waals surface area contributed by atoms with E-state index >= 15 is 0 Å². The lowest BCUT2D eigenvalue weighted by molar-refractivity contribution is 0.0740. The van der Waals surface area contributed by atoms with Gasteiger partial charge in [-0.2, -0.15) is 0 Å². The number of thioether (sulfide) groups is 1. The SMILES string of the molecule is N=CC1=C(N)c2cc(C(=O)N3CCNCC3)sc2CS1. The van der Waals surface area contributed by atoms with Gasteiger partial charge in [-0.15, -0.1) is 23.1 Å². The van der Waals surface area contributed by atoms with E-state index in [2.05, 4.69) is 5.32 Å². The first-order chi connectivity index (χ1) is 9.70. The van der Waals surface area contributed by atoms with Crippen LogP contribution >= 0.6 is 23.1 Å². The fourth-order valence-electron chi connectivity index (χ4n) is 2.37. The van der Waals surface area contributed by atoms with E-state index in [1.165, 1.54) is 17.6 Å². The molecule has 20 heavy (non-hydrogen) atoms. The fourth-order valence-corrected chi connectivity index (χ4v) is 4.51. The van der Waals surface area contributed by atoms with Crippen LogP contribution < -0.4 is 11.1 Å². The Hall–Kier alpha value is -1.31. The van der Waals surface area contributed by atoms with Crippen molar-refractivity contribution in [1.29, 1.82) is 5.41 Å². The van der Waals surface area contributed by atoms with Gasteiger partial charge < -0.3 is 21.4 Å². The first-order valence-corrected chi connectivity index (χ1v) is 8.27. The minimum atomic E-state index is 0.0973. The van der Waals surface area contributed by atoms with Crippen molar-refractivity contribution in [2.45, 2.75) is 5.75 Å². The van der Waals surface area contributed by atoms with Crippen LogP contribution in [0.1, 0.15) is 20.1 Å². The Morgan fingerprint density at radius 2 is 2.20 bits per heavy atom. The molecule has 0 aliphatic carbocycles. The number of nitrogens with two attached hydrogens (primary N) is 1. The van der Waals surface area contributed by atoms with E-state index in [1.54, 1.807) is 11.8 Å². The number of fused-ring (bicyclic) bond motifs is 1. The van der Waals surface area contributed by atoms with Gasteiger partial charge in [0.15, 0.2) is 0 Å². The van der Waals surface area contributed by atoms with E-state index in [0.29, 0.717) is 5.70 Å². The maximum absolute atomic E-state index is 12.5. The lowest BCUT2D eigenvalue weighted by atomic mass is 10.1. The van der Waals surface area contributed by atoms with Gasteiger partial charge in [0.25, 0.3) is 5.91 Å². The van der Waals surface area contributed by atoms with E-state index in [0.717, 1.165) is 52.2 Å². The summed E-state index contributed by atoms with van der Waals surface area (Å²) in [5, 5.41) is 10.6. The second kappa shape index (κ2) is 5.59. The summed E-state index contributed by atoms with van der Waals surface area (Å²) in [7, 11) is 0. The smallest absolute Gasteiger partial charge is 0.264 e. The first kappa shape index (κ1) is 13.7. The van der Waals surface area contributed by atoms with Gasteiger partial charge in [0.05, 0.1) is 10.6 Å². The van der Waals surface area contributed by atoms with Gasteiger partial charge >= 0.3 is 0 Å². The first-order valence-electron chi connectivity index (χ1n) is 6.47. The van der Waals surface area contributed by atoms with Crippen molar-refractivity contribution in [3.05, 3.63) is 26.3 Å². The highest BCUT2D eigenvalue weighted by Gasteiger charge is 2.25. The molecule has 1 fully saturated rings. The molecule has 5 nitrogen and oxygen atoms in total. The third kappa shape index (κ3) is 2.36. The number of hydrogen-bond acceptors (Lipinski definition) is 6. The molecule has 2 aliphatic heterocycles. The molecule has 4 N–H and O–H groups in total. The number of amides is 1. The minimum Gasteiger partial charge on any atom is -0.397 e. The Morgan fingerprint density at radius 1 is 1.45 bits per heavy atom. The van der Waals surface area contributed by atoms with Crippen molar-refractivity contribution in [3.63, 3.8) is 0 Å². The number of rotatable bonds is 2. The zero-order valence-corrected chi connectivity index (χ0v) is 12.6. The van der Waals surface area contributed by atoms with Crippen LogP contribution in [0, 0.1) is 5.41 Å². The van der Waals surface area contributed by atoms with E-state index in [4.69, 9.17) is 11.1 Å². The van der Waals surface area contributed by atoms with E-state index in [1.807, 2.05) is 11.0 Å². The van der Waals surface area contributed by atoms with Crippen LogP contribution in [0.3, 0.4) is 0 Å². The average Bonchev–Trinajstić information content (AvgIpc) is 2.93. The van der Waals surface area contributed by atoms with Crippen molar-refractivity contribution in [3.8, 4) is 0 Å². The Labute approximate surface area is 125 Å². The molecule has 0 bridgehead atoms. The van der Waals surface area contributed by atoms with Crippen molar-refractivity contribution in [1.82, 2.24) is 10.2 Å². The zero-order chi connectivity index (χ0) is 14.1. The van der Waals surface area contributed by atoms with E-state index in [-0.39, 0.29) is 5.91 Å². The molecular formula is C13H16N4OS2. The Bertz CT molecular complexity index is 587. The van der Waals surface area contributed by atoms with Crippen LogP contribution in [0.15, 0.2) is 11.0 Å². The maximum atomic E-state index is 12.5. The average molecular weight is 308 g/mol. The van der Waals surface area contributed by atoms with Gasteiger partial charge in [0.1, 0.15) is 0 Å². The summed E-state index contributed by atoms with van der Waals surface area (Å²) in [6, 6.07) is 1.89. The summed E-state index contributed by atoms with van der Waals surface area (Å²) >= 11 is 3.09. The van der Waals surface area contributed by atoms with Crippen LogP contribution in [0.25, 0.3) is 5.70 Å². The number of thiophene rings is 1. The summed E-state index contributed by atoms with van der Waals surface area (Å²) in [4.78, 5) is 17.0. The number of hydrogen-bond donors (Lipinski definition) is 3. The van der Waals surface area contributed by atoms with Crippen molar-refractivity contribution in [2.75, 3.05) is 26.2 Å². The molecule has 1 amide bonds. The molecule has 0 unspecified atom stereocenters. The number of carbonyl (C=O) groups excluding carboxylic acids is 1. The largest absolute Gasteiger partial charge is 0.397 e. The van der Waals surface area contributed by atoms with E-state index < -0.39 is 0 Å². The molecule has 7 heteroatoms. The van der Waals surface area contributed by atoms with Crippen LogP contribution in [0.4, 0.5) is 0 Å². The molecule has 0 spiro atoms. The number of nitrogens with one attached hydrogen (secondary N) is 2. The normalized spacial score (nSPS) is 18.9. The second-order valence-corrected chi connectivity index (χ2v) is 6.85. The zero-order valence-electron chi connectivity index (χ0n) is 10.9. The Morgan fingerprint density at radius 3 is 2.90 bits per heavy atom. The molecule has 1 aromatic heterocycles. The Kier molecular flexibility index (Phi) is 3.82. The molecule has 3 heterocycles. The second-order valence-electron chi connectivity index (χ2n) is 4.70. The third-order valence-corrected chi connectivity index (χ3v) is 5.86. The highest BCUT2D eigenvalue weighted by molar-refractivity contribution is 8.03. The maximum Gasteiger partial charge on any atom is 0.264 e. The van der Waals surface area contributed by atoms with Crippen LogP contribution in [-0.2, 0) is 5.75 Å². The molecule has 1 saturated heterocycles. The van der Waals surface area contributed by atoms with Crippen LogP contribution in [-0.4, -0.2) is 43.2 Å². The standard InChI is InChI=1S/C13H16N4OS2/c14-6-10-12(15)8-5-9(20-11(8)7-19-10)13(18)17-3-1-16-2-4-17/h5-6,14,16H,1-4,7,15H2. The number of nitrogens with zero attached hydrogens (tertiary/aromatic N) is 1. The summed E-state index contributed by atoms with van der Waals surface area (Å²) in [5.74, 6) is 0.889. The van der Waals surface area contributed by atoms with Crippen molar-refractivity contribution in [2.24, 2.45) is 5.73 Å². The lowest BCUT2D eigenvalue weighted by Crippen LogP contribution is -2.46. The molecule has 0 saturated carbocycles. The lowest BCUT2D eigenvalue weighted by Gasteiger charge is -2.26. The molecular weight excluding hydrogens is 292 g/mol. The molecule has 106 valence electrons. The molecule has 0 atom stereocenters. The molecule has 1 aromatic rings. The van der Waals surface area contributed by atoms with Crippen molar-refractivity contribution < 1.29 is 4.79 Å². The van der Waals surface area contributed by atoms with Gasteiger partial charge in [-0.1, -0.05) is 0 Å². The Balaban J connectivity index is 1.88. The van der Waals surface area contributed by atoms with E-state index in [9.17, 15) is 4.79 Å². The minimum absolute atomic E-state index is 0.0973. The number of piperazine rings is 1. The summed E-state index contributed by atoms with van der Waals surface area (Å²) in [6.07, 6.45) is 1.29. The van der Waals surface area contributed by atoms with Gasteiger partial charge in [0, 0.05) is 53.5 Å². The van der Waals surface area contributed by atoms with Gasteiger partial charge in [0.2, 0.25) is 0 Å². The molecule has 2 aliphatic rings. The van der Waals surface area contributed by atoms with Crippen LogP contribution in [0.5, 0.6) is 0 Å². The summed E-state index contributed by atoms with van der Waals surface area (Å²) < 4.78 is 0. The van der Waals surface area contributed by atoms with Gasteiger partial charge in [-0.3, -0.25) is 4.79 Å². The quantitative estimate of drug-likeness (QED) is 0.720. The summed E-state index contributed by atoms with van der Waals surface area (Å²) in [6.45, 7) is 3.22. The molecule has 0 radical (unpaired) electrons. The summed E-state index contributed by atoms with van der Waals surface area (Å²) in [5.41, 5.74) is 7.63. The predicted molar refractivity (Wildman–Crippen MR) is 84.3 cm³/mol. The van der Waals surface area contributed by atoms with Crippen molar-refractivity contribution >= 4 is 40.9 Å². The predicted octanol–water partition coefficient (Wildman–Crippen LogP) is 1.32. The number of carbonyl (C=O) groups is 1. The highest BCUT2D eigenvalue weighted by atomic mass is 32.2. The highest BCUT2D eigenvalue weighted by Crippen LogP contribution is 2.39. The van der Waals surface area contributed by atoms with Gasteiger partial charge in [-0.25, -0.2) is 0 Å². The molecule has 0 aromatic carbocycles. The molecule has 3 rings (SSSR count). The fraction of sp³-hybridized carbons (Fsp3) is 0.385. The van der Waals surface area contributed by atoms with Gasteiger partial charge in [-0.05, 0) is 6.07 Å². The number of allylic oxidation sites excluding steroid dienone is 1. The third-order valence-electron chi connectivity index (χ3n) is 3.47. The van der Waals surface area contributed by atoms with Crippen LogP contribution in [0.2, 0.25) is 0 Å².